The minimum Gasteiger partial charge on any atom is -0.492 e. The summed E-state index contributed by atoms with van der Waals surface area (Å²) >= 11 is 6.84. The van der Waals surface area contributed by atoms with Crippen molar-refractivity contribution in [3.8, 4) is 11.8 Å². The number of halogens is 2. The molecule has 0 spiro atoms. The van der Waals surface area contributed by atoms with Crippen LogP contribution in [0.25, 0.3) is 6.08 Å². The molecule has 27 heavy (non-hydrogen) atoms. The van der Waals surface area contributed by atoms with Crippen molar-refractivity contribution < 1.29 is 14.3 Å². The Morgan fingerprint density at radius 3 is 2.41 bits per heavy atom. The lowest BCUT2D eigenvalue weighted by molar-refractivity contribution is -0.112. The molecule has 5 nitrogen and oxygen atoms in total. The molecule has 0 radical (unpaired) electrons. The highest BCUT2D eigenvalue weighted by atomic mass is 79.9. The first-order chi connectivity index (χ1) is 12.9. The first-order valence-electron chi connectivity index (χ1n) is 8.02. The van der Waals surface area contributed by atoms with Gasteiger partial charge in [0.1, 0.15) is 17.4 Å². The number of benzene rings is 2. The van der Waals surface area contributed by atoms with Gasteiger partial charge in [0.25, 0.3) is 5.91 Å². The maximum absolute atomic E-state index is 12.5. The molecular formula is C20H16Br2N2O3. The van der Waals surface area contributed by atoms with Gasteiger partial charge in [-0.05, 0) is 81.6 Å². The van der Waals surface area contributed by atoms with E-state index in [1.807, 2.05) is 13.0 Å². The third-order valence-electron chi connectivity index (χ3n) is 3.54. The van der Waals surface area contributed by atoms with Gasteiger partial charge in [0.2, 0.25) is 0 Å². The van der Waals surface area contributed by atoms with Gasteiger partial charge in [-0.25, -0.2) is 0 Å². The highest BCUT2D eigenvalue weighted by Gasteiger charge is 2.14. The molecule has 0 aromatic heterocycles. The maximum Gasteiger partial charge on any atom is 0.266 e. The first kappa shape index (κ1) is 20.9. The monoisotopic (exact) mass is 490 g/mol. The smallest absolute Gasteiger partial charge is 0.266 e. The van der Waals surface area contributed by atoms with Crippen molar-refractivity contribution in [3.05, 3.63) is 62.0 Å². The molecule has 0 aliphatic rings. The maximum atomic E-state index is 12.5. The molecule has 138 valence electrons. The molecule has 2 rings (SSSR count). The normalized spacial score (nSPS) is 10.9. The van der Waals surface area contributed by atoms with E-state index in [1.165, 1.54) is 13.0 Å². The quantitative estimate of drug-likeness (QED) is 0.335. The van der Waals surface area contributed by atoms with Crippen LogP contribution in [0.2, 0.25) is 0 Å². The number of hydrogen-bond donors (Lipinski definition) is 1. The Bertz CT molecular complexity index is 939. The summed E-state index contributed by atoms with van der Waals surface area (Å²) in [5.74, 6) is -0.118. The molecule has 7 heteroatoms. The number of para-hydroxylation sites is 1. The lowest BCUT2D eigenvalue weighted by Crippen LogP contribution is -2.15. The van der Waals surface area contributed by atoms with Gasteiger partial charge in [0, 0.05) is 5.56 Å². The number of ether oxygens (including phenoxy) is 1. The zero-order valence-electron chi connectivity index (χ0n) is 14.7. The van der Waals surface area contributed by atoms with Gasteiger partial charge in [-0.1, -0.05) is 12.1 Å². The average molecular weight is 492 g/mol. The van der Waals surface area contributed by atoms with Crippen molar-refractivity contribution in [2.24, 2.45) is 0 Å². The van der Waals surface area contributed by atoms with Crippen LogP contribution in [0.1, 0.15) is 29.8 Å². The van der Waals surface area contributed by atoms with Crippen molar-refractivity contribution in [2.75, 3.05) is 11.9 Å². The Labute approximate surface area is 174 Å². The van der Waals surface area contributed by atoms with Crippen LogP contribution in [-0.4, -0.2) is 18.3 Å². The van der Waals surface area contributed by atoms with Crippen molar-refractivity contribution >= 4 is 55.3 Å². The van der Waals surface area contributed by atoms with Crippen LogP contribution >= 0.6 is 31.9 Å². The van der Waals surface area contributed by atoms with E-state index >= 15 is 0 Å². The molecule has 1 N–H and O–H groups in total. The third kappa shape index (κ3) is 5.28. The van der Waals surface area contributed by atoms with Crippen LogP contribution in [0.3, 0.4) is 0 Å². The molecule has 0 fully saturated rings. The van der Waals surface area contributed by atoms with Gasteiger partial charge in [-0.15, -0.1) is 0 Å². The van der Waals surface area contributed by atoms with Gasteiger partial charge in [-0.3, -0.25) is 9.59 Å². The fourth-order valence-electron chi connectivity index (χ4n) is 2.35. The number of carbonyl (C=O) groups excluding carboxylic acids is 2. The fourth-order valence-corrected chi connectivity index (χ4v) is 3.80. The summed E-state index contributed by atoms with van der Waals surface area (Å²) < 4.78 is 6.92. The summed E-state index contributed by atoms with van der Waals surface area (Å²) in [7, 11) is 0. The minimum absolute atomic E-state index is 0.0867. The van der Waals surface area contributed by atoms with Crippen LogP contribution < -0.4 is 10.1 Å². The summed E-state index contributed by atoms with van der Waals surface area (Å²) in [5.41, 5.74) is 1.31. The van der Waals surface area contributed by atoms with Crippen molar-refractivity contribution in [2.45, 2.75) is 13.8 Å². The molecule has 0 unspecified atom stereocenters. The van der Waals surface area contributed by atoms with Crippen LogP contribution in [0.4, 0.5) is 5.69 Å². The summed E-state index contributed by atoms with van der Waals surface area (Å²) in [6.45, 7) is 3.80. The Kier molecular flexibility index (Phi) is 7.34. The number of Topliss-reactive ketones (excluding diaryl/α,β-unsaturated/α-hetero) is 1. The molecular weight excluding hydrogens is 476 g/mol. The number of carbonyl (C=O) groups is 2. The van der Waals surface area contributed by atoms with Crippen LogP contribution in [0, 0.1) is 11.3 Å². The zero-order chi connectivity index (χ0) is 20.0. The zero-order valence-corrected chi connectivity index (χ0v) is 17.8. The van der Waals surface area contributed by atoms with E-state index in [1.54, 1.807) is 36.4 Å². The summed E-state index contributed by atoms with van der Waals surface area (Å²) in [6, 6.07) is 12.1. The van der Waals surface area contributed by atoms with Crippen molar-refractivity contribution in [1.82, 2.24) is 0 Å². The van der Waals surface area contributed by atoms with Gasteiger partial charge in [0.05, 0.1) is 21.2 Å². The standard InChI is InChI=1S/C20H16Br2N2O3/c1-3-27-19-16(21)9-13(10-17(19)22)8-14(11-23)20(26)24-18-7-5-4-6-15(18)12(2)25/h4-10H,3H2,1-2H3,(H,24,26)/b14-8-. The van der Waals surface area contributed by atoms with Crippen molar-refractivity contribution in [1.29, 1.82) is 5.26 Å². The second-order valence-corrected chi connectivity index (χ2v) is 7.18. The Hall–Kier alpha value is -2.43. The molecule has 0 aliphatic heterocycles. The highest BCUT2D eigenvalue weighted by molar-refractivity contribution is 9.11. The SMILES string of the molecule is CCOc1c(Br)cc(/C=C(/C#N)C(=O)Nc2ccccc2C(C)=O)cc1Br. The van der Waals surface area contributed by atoms with Gasteiger partial charge in [0.15, 0.2) is 5.78 Å². The predicted molar refractivity (Wildman–Crippen MR) is 112 cm³/mol. The van der Waals surface area contributed by atoms with E-state index in [2.05, 4.69) is 37.2 Å². The molecule has 2 aromatic rings. The number of anilines is 1. The van der Waals surface area contributed by atoms with E-state index in [0.29, 0.717) is 38.1 Å². The third-order valence-corrected chi connectivity index (χ3v) is 4.72. The topological polar surface area (TPSA) is 79.2 Å². The molecule has 0 saturated carbocycles. The second-order valence-electron chi connectivity index (χ2n) is 5.47. The molecule has 0 bridgehead atoms. The number of nitrogens with zero attached hydrogens (tertiary/aromatic N) is 1. The van der Waals surface area contributed by atoms with E-state index < -0.39 is 5.91 Å². The summed E-state index contributed by atoms with van der Waals surface area (Å²) in [6.07, 6.45) is 1.47. The van der Waals surface area contributed by atoms with Gasteiger partial charge in [-0.2, -0.15) is 5.26 Å². The second kappa shape index (κ2) is 9.49. The number of hydrogen-bond acceptors (Lipinski definition) is 4. The predicted octanol–water partition coefficient (Wildman–Crippen LogP) is 5.36. The summed E-state index contributed by atoms with van der Waals surface area (Å²) in [4.78, 5) is 24.2. The van der Waals surface area contributed by atoms with E-state index in [0.717, 1.165) is 0 Å². The number of nitriles is 1. The Morgan fingerprint density at radius 2 is 1.85 bits per heavy atom. The lowest BCUT2D eigenvalue weighted by atomic mass is 10.1. The van der Waals surface area contributed by atoms with Crippen LogP contribution in [0.5, 0.6) is 5.75 Å². The average Bonchev–Trinajstić information content (AvgIpc) is 2.63. The van der Waals surface area contributed by atoms with Gasteiger partial charge >= 0.3 is 0 Å². The fraction of sp³-hybridized carbons (Fsp3) is 0.150. The molecule has 0 atom stereocenters. The first-order valence-corrected chi connectivity index (χ1v) is 9.61. The number of amides is 1. The number of rotatable bonds is 6. The molecule has 2 aromatic carbocycles. The Balaban J connectivity index is 2.33. The lowest BCUT2D eigenvalue weighted by Gasteiger charge is -2.10. The molecule has 0 saturated heterocycles. The molecule has 0 heterocycles. The Morgan fingerprint density at radius 1 is 1.22 bits per heavy atom. The minimum atomic E-state index is -0.590. The van der Waals surface area contributed by atoms with E-state index in [4.69, 9.17) is 4.74 Å². The largest absolute Gasteiger partial charge is 0.492 e. The molecule has 1 amide bonds. The van der Waals surface area contributed by atoms with E-state index in [-0.39, 0.29) is 11.4 Å². The van der Waals surface area contributed by atoms with E-state index in [9.17, 15) is 14.9 Å². The van der Waals surface area contributed by atoms with Crippen LogP contribution in [-0.2, 0) is 4.79 Å². The van der Waals surface area contributed by atoms with Crippen LogP contribution in [0.15, 0.2) is 50.9 Å². The molecule has 0 aliphatic carbocycles. The van der Waals surface area contributed by atoms with Crippen molar-refractivity contribution in [3.63, 3.8) is 0 Å². The summed E-state index contributed by atoms with van der Waals surface area (Å²) in [5, 5.41) is 12.0. The highest BCUT2D eigenvalue weighted by Crippen LogP contribution is 2.35. The van der Waals surface area contributed by atoms with Gasteiger partial charge < -0.3 is 10.1 Å². The number of nitrogens with one attached hydrogen (secondary N) is 1. The number of ketones is 1.